The third-order valence-corrected chi connectivity index (χ3v) is 2.56. The van der Waals surface area contributed by atoms with E-state index in [2.05, 4.69) is 10.3 Å². The maximum absolute atomic E-state index is 13.4. The molecule has 1 N–H and O–H groups in total. The smallest absolute Gasteiger partial charge is 0.117 e. The van der Waals surface area contributed by atoms with Crippen LogP contribution in [-0.2, 0) is 6.42 Å². The highest BCUT2D eigenvalue weighted by atomic mass is 32.1. The molecule has 1 unspecified atom stereocenters. The average molecular weight is 216 g/mol. The Morgan fingerprint density at radius 1 is 1.57 bits per heavy atom. The zero-order valence-electron chi connectivity index (χ0n) is 8.88. The van der Waals surface area contributed by atoms with Gasteiger partial charge >= 0.3 is 0 Å². The molecule has 2 nitrogen and oxygen atoms in total. The van der Waals surface area contributed by atoms with Gasteiger partial charge in [0.25, 0.3) is 0 Å². The summed E-state index contributed by atoms with van der Waals surface area (Å²) in [7, 11) is 0. The molecule has 0 radical (unpaired) electrons. The molecule has 1 aromatic rings. The number of alkyl halides is 1. The minimum atomic E-state index is -0.824. The number of halogens is 1. The van der Waals surface area contributed by atoms with Gasteiger partial charge in [-0.05, 0) is 20.8 Å². The zero-order chi connectivity index (χ0) is 10.6. The minimum absolute atomic E-state index is 0.0158. The molecular formula is C10H17FN2S. The van der Waals surface area contributed by atoms with Gasteiger partial charge in [0.2, 0.25) is 0 Å². The first-order chi connectivity index (χ1) is 6.47. The number of hydrogen-bond acceptors (Lipinski definition) is 3. The number of nitrogens with zero attached hydrogens (tertiary/aromatic N) is 1. The first kappa shape index (κ1) is 11.6. The molecule has 4 heteroatoms. The number of nitrogens with one attached hydrogen (secondary N) is 1. The molecular weight excluding hydrogens is 199 g/mol. The van der Waals surface area contributed by atoms with Crippen molar-refractivity contribution in [3.63, 3.8) is 0 Å². The van der Waals surface area contributed by atoms with Crippen molar-refractivity contribution in [3.05, 3.63) is 16.6 Å². The molecule has 0 aliphatic rings. The second-order valence-corrected chi connectivity index (χ2v) is 5.37. The van der Waals surface area contributed by atoms with Gasteiger partial charge in [0, 0.05) is 29.6 Å². The molecule has 14 heavy (non-hydrogen) atoms. The second kappa shape index (κ2) is 4.84. The highest BCUT2D eigenvalue weighted by molar-refractivity contribution is 7.09. The number of thiazole rings is 1. The summed E-state index contributed by atoms with van der Waals surface area (Å²) < 4.78 is 13.4. The summed E-state index contributed by atoms with van der Waals surface area (Å²) in [6, 6.07) is 0. The fourth-order valence-electron chi connectivity index (χ4n) is 1.05. The van der Waals surface area contributed by atoms with Crippen molar-refractivity contribution in [2.45, 2.75) is 38.9 Å². The lowest BCUT2D eigenvalue weighted by molar-refractivity contribution is 0.285. The van der Waals surface area contributed by atoms with Crippen LogP contribution in [0.2, 0.25) is 0 Å². The average Bonchev–Trinajstić information content (AvgIpc) is 2.52. The summed E-state index contributed by atoms with van der Waals surface area (Å²) in [5.74, 6) is 0. The van der Waals surface area contributed by atoms with E-state index in [0.29, 0.717) is 13.0 Å². The molecule has 80 valence electrons. The lowest BCUT2D eigenvalue weighted by atomic mass is 10.1. The van der Waals surface area contributed by atoms with Crippen molar-refractivity contribution in [2.24, 2.45) is 0 Å². The normalized spacial score (nSPS) is 14.3. The molecule has 1 rings (SSSR count). The Balaban J connectivity index is 2.26. The Hall–Kier alpha value is -0.480. The van der Waals surface area contributed by atoms with Crippen LogP contribution in [0.1, 0.15) is 25.6 Å². The Kier molecular flexibility index (Phi) is 4.01. The lowest BCUT2D eigenvalue weighted by Crippen LogP contribution is -2.40. The Bertz CT molecular complexity index is 254. The van der Waals surface area contributed by atoms with E-state index in [1.54, 1.807) is 11.7 Å². The Morgan fingerprint density at radius 2 is 2.29 bits per heavy atom. The van der Waals surface area contributed by atoms with Crippen LogP contribution in [0.15, 0.2) is 11.7 Å². The molecule has 1 aromatic heterocycles. The van der Waals surface area contributed by atoms with Gasteiger partial charge in [-0.25, -0.2) is 4.39 Å². The third kappa shape index (κ3) is 4.67. The number of rotatable bonds is 4. The van der Waals surface area contributed by atoms with E-state index in [9.17, 15) is 4.39 Å². The van der Waals surface area contributed by atoms with Gasteiger partial charge < -0.3 is 5.32 Å². The summed E-state index contributed by atoms with van der Waals surface area (Å²) in [6.07, 6.45) is 1.37. The summed E-state index contributed by atoms with van der Waals surface area (Å²) in [5, 5.41) is 3.14. The summed E-state index contributed by atoms with van der Waals surface area (Å²) >= 11 is 1.51. The molecule has 0 saturated heterocycles. The van der Waals surface area contributed by atoms with E-state index in [-0.39, 0.29) is 5.54 Å². The van der Waals surface area contributed by atoms with Gasteiger partial charge in [0.1, 0.15) is 6.17 Å². The van der Waals surface area contributed by atoms with E-state index in [1.807, 2.05) is 20.8 Å². The summed E-state index contributed by atoms with van der Waals surface area (Å²) in [5.41, 5.74) is 1.72. The molecule has 1 atom stereocenters. The van der Waals surface area contributed by atoms with E-state index < -0.39 is 6.17 Å². The highest BCUT2D eigenvalue weighted by Gasteiger charge is 2.14. The molecule has 1 heterocycles. The Labute approximate surface area is 88.6 Å². The van der Waals surface area contributed by atoms with Crippen LogP contribution in [0.4, 0.5) is 4.39 Å². The SMILES string of the molecule is CC(C)(C)NCC(F)Cc1cncs1. The van der Waals surface area contributed by atoms with E-state index in [4.69, 9.17) is 0 Å². The van der Waals surface area contributed by atoms with Crippen molar-refractivity contribution in [1.82, 2.24) is 10.3 Å². The fourth-order valence-corrected chi connectivity index (χ4v) is 1.71. The number of aromatic nitrogens is 1. The van der Waals surface area contributed by atoms with Crippen LogP contribution >= 0.6 is 11.3 Å². The zero-order valence-corrected chi connectivity index (χ0v) is 9.70. The summed E-state index contributed by atoms with van der Waals surface area (Å²) in [4.78, 5) is 4.92. The molecule has 0 aromatic carbocycles. The second-order valence-electron chi connectivity index (χ2n) is 4.40. The van der Waals surface area contributed by atoms with Crippen LogP contribution in [0.25, 0.3) is 0 Å². The molecule has 0 fully saturated rings. The van der Waals surface area contributed by atoms with E-state index in [0.717, 1.165) is 4.88 Å². The van der Waals surface area contributed by atoms with Crippen LogP contribution in [0.5, 0.6) is 0 Å². The molecule has 0 amide bonds. The molecule has 0 bridgehead atoms. The topological polar surface area (TPSA) is 24.9 Å². The van der Waals surface area contributed by atoms with Crippen molar-refractivity contribution in [2.75, 3.05) is 6.54 Å². The van der Waals surface area contributed by atoms with Crippen molar-refractivity contribution in [1.29, 1.82) is 0 Å². The van der Waals surface area contributed by atoms with Crippen LogP contribution in [0, 0.1) is 0 Å². The van der Waals surface area contributed by atoms with Crippen LogP contribution in [0.3, 0.4) is 0 Å². The molecule has 0 spiro atoms. The fraction of sp³-hybridized carbons (Fsp3) is 0.700. The van der Waals surface area contributed by atoms with Gasteiger partial charge in [0.15, 0.2) is 0 Å². The van der Waals surface area contributed by atoms with Crippen molar-refractivity contribution < 1.29 is 4.39 Å². The van der Waals surface area contributed by atoms with Gasteiger partial charge in [-0.2, -0.15) is 0 Å². The summed E-state index contributed by atoms with van der Waals surface area (Å²) in [6.45, 7) is 6.51. The highest BCUT2D eigenvalue weighted by Crippen LogP contribution is 2.10. The molecule has 0 saturated carbocycles. The van der Waals surface area contributed by atoms with Crippen LogP contribution in [-0.4, -0.2) is 23.2 Å². The predicted octanol–water partition coefficient (Wildman–Crippen LogP) is 2.41. The van der Waals surface area contributed by atoms with Gasteiger partial charge in [-0.1, -0.05) is 0 Å². The Morgan fingerprint density at radius 3 is 2.79 bits per heavy atom. The standard InChI is InChI=1S/C10H17FN2S/c1-10(2,3)13-5-8(11)4-9-6-12-7-14-9/h6-8,13H,4-5H2,1-3H3. The van der Waals surface area contributed by atoms with Gasteiger partial charge in [-0.3, -0.25) is 4.98 Å². The van der Waals surface area contributed by atoms with Gasteiger partial charge in [-0.15, -0.1) is 11.3 Å². The maximum Gasteiger partial charge on any atom is 0.117 e. The molecule has 0 aliphatic heterocycles. The van der Waals surface area contributed by atoms with E-state index in [1.165, 1.54) is 11.3 Å². The van der Waals surface area contributed by atoms with Crippen molar-refractivity contribution in [3.8, 4) is 0 Å². The quantitative estimate of drug-likeness (QED) is 0.836. The lowest BCUT2D eigenvalue weighted by Gasteiger charge is -2.21. The minimum Gasteiger partial charge on any atom is -0.309 e. The number of hydrogen-bond donors (Lipinski definition) is 1. The predicted molar refractivity (Wildman–Crippen MR) is 58.5 cm³/mol. The van der Waals surface area contributed by atoms with Gasteiger partial charge in [0.05, 0.1) is 5.51 Å². The first-order valence-corrected chi connectivity index (χ1v) is 5.62. The van der Waals surface area contributed by atoms with Crippen molar-refractivity contribution >= 4 is 11.3 Å². The largest absolute Gasteiger partial charge is 0.309 e. The maximum atomic E-state index is 13.4. The monoisotopic (exact) mass is 216 g/mol. The van der Waals surface area contributed by atoms with E-state index >= 15 is 0 Å². The van der Waals surface area contributed by atoms with Crippen LogP contribution < -0.4 is 5.32 Å². The third-order valence-electron chi connectivity index (χ3n) is 1.76. The first-order valence-electron chi connectivity index (χ1n) is 4.74. The molecule has 0 aliphatic carbocycles.